The molecule has 0 unspecified atom stereocenters. The molecule has 0 heterocycles. The summed E-state index contributed by atoms with van der Waals surface area (Å²) < 4.78 is 5.26. The van der Waals surface area contributed by atoms with Crippen molar-refractivity contribution >= 4 is 17.7 Å². The van der Waals surface area contributed by atoms with Crippen LogP contribution >= 0.6 is 11.8 Å². The Bertz CT molecular complexity index is 424. The SMILES string of the molecule is CC[C@@H](O)c1ccccc1SCC(=O)OC(C)(C)C. The van der Waals surface area contributed by atoms with Crippen molar-refractivity contribution < 1.29 is 14.6 Å². The van der Waals surface area contributed by atoms with E-state index < -0.39 is 11.7 Å². The number of aliphatic hydroxyl groups is 1. The molecule has 0 aromatic heterocycles. The number of benzene rings is 1. The summed E-state index contributed by atoms with van der Waals surface area (Å²) >= 11 is 1.40. The van der Waals surface area contributed by atoms with Gasteiger partial charge in [-0.15, -0.1) is 11.8 Å². The average Bonchev–Trinajstić information content (AvgIpc) is 2.33. The van der Waals surface area contributed by atoms with Crippen LogP contribution < -0.4 is 0 Å². The highest BCUT2D eigenvalue weighted by molar-refractivity contribution is 8.00. The van der Waals surface area contributed by atoms with Crippen LogP contribution in [0.5, 0.6) is 0 Å². The van der Waals surface area contributed by atoms with Crippen molar-refractivity contribution in [3.05, 3.63) is 29.8 Å². The summed E-state index contributed by atoms with van der Waals surface area (Å²) in [7, 11) is 0. The molecule has 3 nitrogen and oxygen atoms in total. The maximum atomic E-state index is 11.7. The second-order valence-electron chi connectivity index (χ2n) is 5.34. The van der Waals surface area contributed by atoms with Crippen molar-refractivity contribution in [2.75, 3.05) is 5.75 Å². The molecular weight excluding hydrogens is 260 g/mol. The van der Waals surface area contributed by atoms with Gasteiger partial charge >= 0.3 is 5.97 Å². The fourth-order valence-electron chi connectivity index (χ4n) is 1.61. The van der Waals surface area contributed by atoms with Gasteiger partial charge in [-0.2, -0.15) is 0 Å². The van der Waals surface area contributed by atoms with Crippen molar-refractivity contribution in [3.63, 3.8) is 0 Å². The van der Waals surface area contributed by atoms with Crippen molar-refractivity contribution in [3.8, 4) is 0 Å². The second kappa shape index (κ2) is 6.96. The predicted octanol–water partition coefficient (Wildman–Crippen LogP) is 3.56. The van der Waals surface area contributed by atoms with E-state index in [0.717, 1.165) is 10.5 Å². The van der Waals surface area contributed by atoms with Crippen molar-refractivity contribution in [1.82, 2.24) is 0 Å². The molecule has 0 saturated heterocycles. The third-order valence-electron chi connectivity index (χ3n) is 2.43. The van der Waals surface area contributed by atoms with Crippen molar-refractivity contribution in [1.29, 1.82) is 0 Å². The summed E-state index contributed by atoms with van der Waals surface area (Å²) in [6.07, 6.45) is 0.173. The molecule has 19 heavy (non-hydrogen) atoms. The lowest BCUT2D eigenvalue weighted by Gasteiger charge is -2.19. The molecule has 1 N–H and O–H groups in total. The number of hydrogen-bond donors (Lipinski definition) is 1. The Morgan fingerprint density at radius 1 is 1.37 bits per heavy atom. The van der Waals surface area contributed by atoms with Crippen molar-refractivity contribution in [2.45, 2.75) is 50.7 Å². The quantitative estimate of drug-likeness (QED) is 0.662. The fourth-order valence-corrected chi connectivity index (χ4v) is 2.49. The Kier molecular flexibility index (Phi) is 5.88. The molecule has 106 valence electrons. The number of esters is 1. The van der Waals surface area contributed by atoms with E-state index in [-0.39, 0.29) is 11.7 Å². The fraction of sp³-hybridized carbons (Fsp3) is 0.533. The van der Waals surface area contributed by atoms with Gasteiger partial charge in [0.15, 0.2) is 0 Å². The highest BCUT2D eigenvalue weighted by Crippen LogP contribution is 2.29. The molecule has 0 spiro atoms. The summed E-state index contributed by atoms with van der Waals surface area (Å²) in [6, 6.07) is 7.61. The molecule has 0 bridgehead atoms. The molecule has 0 aliphatic carbocycles. The number of carbonyl (C=O) groups is 1. The summed E-state index contributed by atoms with van der Waals surface area (Å²) in [5, 5.41) is 9.93. The van der Waals surface area contributed by atoms with Gasteiger partial charge in [0.25, 0.3) is 0 Å². The lowest BCUT2D eigenvalue weighted by Crippen LogP contribution is -2.24. The maximum Gasteiger partial charge on any atom is 0.316 e. The molecule has 0 aliphatic rings. The lowest BCUT2D eigenvalue weighted by atomic mass is 10.1. The molecule has 4 heteroatoms. The Balaban J connectivity index is 2.65. The highest BCUT2D eigenvalue weighted by atomic mass is 32.2. The third-order valence-corrected chi connectivity index (χ3v) is 3.49. The van der Waals surface area contributed by atoms with E-state index in [2.05, 4.69) is 0 Å². The standard InChI is InChI=1S/C15H22O3S/c1-5-12(16)11-8-6-7-9-13(11)19-10-14(17)18-15(2,3)4/h6-9,12,16H,5,10H2,1-4H3/t12-/m1/s1. The smallest absolute Gasteiger partial charge is 0.316 e. The van der Waals surface area contributed by atoms with Crippen LogP contribution in [0.15, 0.2) is 29.2 Å². The third kappa shape index (κ3) is 5.66. The van der Waals surface area contributed by atoms with Crippen LogP contribution in [0.1, 0.15) is 45.8 Å². The zero-order valence-corrected chi connectivity index (χ0v) is 12.8. The van der Waals surface area contributed by atoms with E-state index in [1.807, 2.05) is 52.0 Å². The molecule has 0 saturated carbocycles. The van der Waals surface area contributed by atoms with E-state index >= 15 is 0 Å². The summed E-state index contributed by atoms with van der Waals surface area (Å²) in [6.45, 7) is 7.49. The summed E-state index contributed by atoms with van der Waals surface area (Å²) in [4.78, 5) is 12.6. The van der Waals surface area contributed by atoms with E-state index in [0.29, 0.717) is 6.42 Å². The van der Waals surface area contributed by atoms with Crippen LogP contribution in [-0.2, 0) is 9.53 Å². The molecule has 1 aromatic carbocycles. The molecular formula is C15H22O3S. The summed E-state index contributed by atoms with van der Waals surface area (Å²) in [5.74, 6) is 0.0170. The minimum atomic E-state index is -0.484. The normalized spacial score (nSPS) is 13.1. The number of carbonyl (C=O) groups excluding carboxylic acids is 1. The number of ether oxygens (including phenoxy) is 1. The highest BCUT2D eigenvalue weighted by Gasteiger charge is 2.17. The molecule has 1 atom stereocenters. The zero-order valence-electron chi connectivity index (χ0n) is 12.0. The first kappa shape index (κ1) is 16.1. The van der Waals surface area contributed by atoms with E-state index in [1.165, 1.54) is 11.8 Å². The Morgan fingerprint density at radius 3 is 2.58 bits per heavy atom. The number of thioether (sulfide) groups is 1. The molecule has 1 aromatic rings. The lowest BCUT2D eigenvalue weighted by molar-refractivity contribution is -0.151. The van der Waals surface area contributed by atoms with Crippen LogP contribution in [0, 0.1) is 0 Å². The predicted molar refractivity (Wildman–Crippen MR) is 78.3 cm³/mol. The second-order valence-corrected chi connectivity index (χ2v) is 6.35. The first-order valence-electron chi connectivity index (χ1n) is 6.45. The van der Waals surface area contributed by atoms with E-state index in [1.54, 1.807) is 0 Å². The van der Waals surface area contributed by atoms with Gasteiger partial charge in [-0.25, -0.2) is 0 Å². The number of aliphatic hydroxyl groups excluding tert-OH is 1. The van der Waals surface area contributed by atoms with Crippen molar-refractivity contribution in [2.24, 2.45) is 0 Å². The summed E-state index contributed by atoms with van der Waals surface area (Å²) in [5.41, 5.74) is 0.415. The number of hydrogen-bond acceptors (Lipinski definition) is 4. The Morgan fingerprint density at radius 2 is 2.00 bits per heavy atom. The van der Waals surface area contributed by atoms with E-state index in [4.69, 9.17) is 4.74 Å². The van der Waals surface area contributed by atoms with Gasteiger partial charge in [-0.05, 0) is 38.8 Å². The van der Waals surface area contributed by atoms with Gasteiger partial charge in [0, 0.05) is 4.90 Å². The molecule has 0 radical (unpaired) electrons. The Hall–Kier alpha value is -1.00. The zero-order chi connectivity index (χ0) is 14.5. The maximum absolute atomic E-state index is 11.7. The first-order valence-corrected chi connectivity index (χ1v) is 7.43. The van der Waals surface area contributed by atoms with Gasteiger partial charge in [-0.1, -0.05) is 25.1 Å². The van der Waals surface area contributed by atoms with Crippen LogP contribution in [0.25, 0.3) is 0 Å². The minimum absolute atomic E-state index is 0.238. The first-order chi connectivity index (χ1) is 8.83. The van der Waals surface area contributed by atoms with Gasteiger partial charge in [-0.3, -0.25) is 4.79 Å². The molecule has 1 rings (SSSR count). The minimum Gasteiger partial charge on any atom is -0.459 e. The monoisotopic (exact) mass is 282 g/mol. The average molecular weight is 282 g/mol. The van der Waals surface area contributed by atoms with E-state index in [9.17, 15) is 9.90 Å². The molecule has 0 aliphatic heterocycles. The van der Waals surface area contributed by atoms with Crippen LogP contribution in [0.2, 0.25) is 0 Å². The largest absolute Gasteiger partial charge is 0.459 e. The van der Waals surface area contributed by atoms with Gasteiger partial charge in [0.05, 0.1) is 11.9 Å². The van der Waals surface area contributed by atoms with Crippen LogP contribution in [0.4, 0.5) is 0 Å². The van der Waals surface area contributed by atoms with Crippen LogP contribution in [-0.4, -0.2) is 22.4 Å². The number of rotatable bonds is 5. The van der Waals surface area contributed by atoms with Gasteiger partial charge < -0.3 is 9.84 Å². The van der Waals surface area contributed by atoms with Gasteiger partial charge in [0.2, 0.25) is 0 Å². The van der Waals surface area contributed by atoms with Gasteiger partial charge in [0.1, 0.15) is 5.60 Å². The molecule has 0 fully saturated rings. The topological polar surface area (TPSA) is 46.5 Å². The molecule has 0 amide bonds. The Labute approximate surface area is 119 Å². The van der Waals surface area contributed by atoms with Crippen LogP contribution in [0.3, 0.4) is 0 Å².